The highest BCUT2D eigenvalue weighted by molar-refractivity contribution is 6.31. The maximum atomic E-state index is 8.30. The molecule has 4 aromatic carbocycles. The van der Waals surface area contributed by atoms with Crippen LogP contribution in [0.2, 0.25) is 5.02 Å². The second-order valence-electron chi connectivity index (χ2n) is 5.22. The van der Waals surface area contributed by atoms with Crippen molar-refractivity contribution in [3.05, 3.63) is 95.9 Å². The predicted molar refractivity (Wildman–Crippen MR) is 99.8 cm³/mol. The van der Waals surface area contributed by atoms with Crippen LogP contribution in [-0.4, -0.2) is 0 Å². The van der Waals surface area contributed by atoms with E-state index in [-0.39, 0.29) is 29.7 Å². The Kier molecular flexibility index (Phi) is 2.45. The molecule has 0 bridgehead atoms. The summed E-state index contributed by atoms with van der Waals surface area (Å²) < 4.78 is 40.4. The lowest BCUT2D eigenvalue weighted by Crippen LogP contribution is -1.85. The third kappa shape index (κ3) is 2.62. The molecule has 0 nitrogen and oxygen atoms in total. The van der Waals surface area contributed by atoms with E-state index in [4.69, 9.17) is 18.5 Å². The minimum atomic E-state index is -0.390. The number of hydrogen-bond acceptors (Lipinski definition) is 0. The molecule has 0 saturated heterocycles. The lowest BCUT2D eigenvalue weighted by molar-refractivity contribution is 1.63. The van der Waals surface area contributed by atoms with E-state index in [0.29, 0.717) is 10.6 Å². The number of fused-ring (bicyclic) bond motifs is 1. The van der Waals surface area contributed by atoms with Crippen molar-refractivity contribution in [2.45, 2.75) is 0 Å². The van der Waals surface area contributed by atoms with Crippen LogP contribution >= 0.6 is 11.6 Å². The smallest absolute Gasteiger partial charge is 0.0629 e. The lowest BCUT2D eigenvalue weighted by atomic mass is 9.93. The van der Waals surface area contributed by atoms with Gasteiger partial charge in [0.15, 0.2) is 0 Å². The summed E-state index contributed by atoms with van der Waals surface area (Å²) in [6.07, 6.45) is 0. The van der Waals surface area contributed by atoms with Crippen molar-refractivity contribution in [1.29, 1.82) is 0 Å². The third-order valence-electron chi connectivity index (χ3n) is 3.83. The average molecular weight is 320 g/mol. The van der Waals surface area contributed by atoms with E-state index < -0.39 is 6.04 Å². The fraction of sp³-hybridized carbons (Fsp3) is 0. The van der Waals surface area contributed by atoms with Gasteiger partial charge in [-0.05, 0) is 45.2 Å². The monoisotopic (exact) mass is 319 g/mol. The molecule has 0 unspecified atom stereocenters. The number of rotatable bonds is 2. The molecule has 0 aliphatic carbocycles. The van der Waals surface area contributed by atoms with E-state index in [1.807, 2.05) is 54.6 Å². The topological polar surface area (TPSA) is 0 Å². The molecule has 0 aliphatic rings. The number of halogens is 1. The molecule has 0 spiro atoms. The second-order valence-corrected chi connectivity index (χ2v) is 5.65. The van der Waals surface area contributed by atoms with Gasteiger partial charge in [0.05, 0.1) is 6.85 Å². The van der Waals surface area contributed by atoms with Crippen LogP contribution in [0.15, 0.2) is 90.9 Å². The van der Waals surface area contributed by atoms with Crippen LogP contribution < -0.4 is 0 Å². The van der Waals surface area contributed by atoms with Crippen molar-refractivity contribution >= 4 is 22.4 Å². The molecule has 0 aliphatic heterocycles. The van der Waals surface area contributed by atoms with E-state index in [9.17, 15) is 0 Å². The average Bonchev–Trinajstić information content (AvgIpc) is 2.70. The van der Waals surface area contributed by atoms with Crippen molar-refractivity contribution in [1.82, 2.24) is 0 Å². The highest BCUT2D eigenvalue weighted by Gasteiger charge is 2.08. The van der Waals surface area contributed by atoms with E-state index in [0.717, 1.165) is 21.9 Å². The SMILES string of the molecule is [2H]c1c([2H])c([2H])c(-c2cccc3c(-c4cccc(Cl)c4)cccc23)c([2H])c1[2H]. The molecular weight excluding hydrogens is 300 g/mol. The predicted octanol–water partition coefficient (Wildman–Crippen LogP) is 6.83. The zero-order valence-corrected chi connectivity index (χ0v) is 12.9. The van der Waals surface area contributed by atoms with E-state index in [2.05, 4.69) is 0 Å². The Balaban J connectivity index is 2.06. The first-order chi connectivity index (χ1) is 13.4. The summed E-state index contributed by atoms with van der Waals surface area (Å²) in [7, 11) is 0. The van der Waals surface area contributed by atoms with Crippen LogP contribution in [-0.2, 0) is 0 Å². The number of benzene rings is 4. The maximum absolute atomic E-state index is 8.30. The summed E-state index contributed by atoms with van der Waals surface area (Å²) >= 11 is 6.16. The van der Waals surface area contributed by atoms with Gasteiger partial charge in [0, 0.05) is 5.02 Å². The molecule has 0 saturated carbocycles. The van der Waals surface area contributed by atoms with Crippen molar-refractivity contribution in [2.75, 3.05) is 0 Å². The molecule has 0 atom stereocenters. The Morgan fingerprint density at radius 3 is 1.91 bits per heavy atom. The van der Waals surface area contributed by atoms with E-state index in [1.54, 1.807) is 6.07 Å². The molecule has 0 N–H and O–H groups in total. The molecule has 23 heavy (non-hydrogen) atoms. The summed E-state index contributed by atoms with van der Waals surface area (Å²) in [5.41, 5.74) is 2.74. The first kappa shape index (κ1) is 9.54. The van der Waals surface area contributed by atoms with Gasteiger partial charge in [0.25, 0.3) is 0 Å². The zero-order valence-electron chi connectivity index (χ0n) is 17.2. The Bertz CT molecular complexity index is 1200. The van der Waals surface area contributed by atoms with Crippen LogP contribution in [0.5, 0.6) is 0 Å². The molecule has 0 aromatic heterocycles. The first-order valence-corrected chi connectivity index (χ1v) is 7.63. The first-order valence-electron chi connectivity index (χ1n) is 9.75. The van der Waals surface area contributed by atoms with E-state index in [1.165, 1.54) is 0 Å². The minimum absolute atomic E-state index is 0.202. The van der Waals surface area contributed by atoms with Gasteiger partial charge >= 0.3 is 0 Å². The van der Waals surface area contributed by atoms with Crippen LogP contribution in [0.1, 0.15) is 6.85 Å². The summed E-state index contributed by atoms with van der Waals surface area (Å²) in [4.78, 5) is 0. The molecule has 0 radical (unpaired) electrons. The minimum Gasteiger partial charge on any atom is -0.0843 e. The Morgan fingerprint density at radius 2 is 1.26 bits per heavy atom. The van der Waals surface area contributed by atoms with Gasteiger partial charge in [-0.2, -0.15) is 0 Å². The molecule has 0 fully saturated rings. The standard InChI is InChI=1S/C22H15Cl/c23-18-10-4-9-17(15-18)20-12-6-13-21-19(11-5-14-22(20)21)16-7-2-1-3-8-16/h1-15H/i1D,2D,3D,7D,8D. The molecule has 0 heterocycles. The molecule has 1 heteroatoms. The van der Waals surface area contributed by atoms with Gasteiger partial charge in [-0.25, -0.2) is 0 Å². The van der Waals surface area contributed by atoms with Crippen LogP contribution in [0.4, 0.5) is 0 Å². The second kappa shape index (κ2) is 5.91. The fourth-order valence-corrected chi connectivity index (χ4v) is 3.01. The number of hydrogen-bond donors (Lipinski definition) is 0. The van der Waals surface area contributed by atoms with Crippen molar-refractivity contribution in [3.63, 3.8) is 0 Å². The van der Waals surface area contributed by atoms with Crippen molar-refractivity contribution in [2.24, 2.45) is 0 Å². The van der Waals surface area contributed by atoms with Gasteiger partial charge in [0.2, 0.25) is 0 Å². The Morgan fingerprint density at radius 1 is 0.652 bits per heavy atom. The molecule has 0 amide bonds. The highest BCUT2D eigenvalue weighted by Crippen LogP contribution is 2.35. The summed E-state index contributed by atoms with van der Waals surface area (Å²) in [5, 5.41) is 2.38. The van der Waals surface area contributed by atoms with Gasteiger partial charge < -0.3 is 0 Å². The van der Waals surface area contributed by atoms with E-state index >= 15 is 0 Å². The fourth-order valence-electron chi connectivity index (χ4n) is 2.82. The quantitative estimate of drug-likeness (QED) is 0.380. The van der Waals surface area contributed by atoms with Gasteiger partial charge in [0.1, 0.15) is 0 Å². The molecule has 110 valence electrons. The van der Waals surface area contributed by atoms with Crippen LogP contribution in [0.3, 0.4) is 0 Å². The summed E-state index contributed by atoms with van der Waals surface area (Å²) in [6.45, 7) is 0. The molecule has 4 aromatic rings. The Hall–Kier alpha value is -2.57. The van der Waals surface area contributed by atoms with Crippen molar-refractivity contribution < 1.29 is 6.85 Å². The van der Waals surface area contributed by atoms with Crippen LogP contribution in [0, 0.1) is 0 Å². The van der Waals surface area contributed by atoms with Gasteiger partial charge in [-0.15, -0.1) is 0 Å². The molecule has 4 rings (SSSR count). The highest BCUT2D eigenvalue weighted by atomic mass is 35.5. The molecular formula is C22H15Cl. The zero-order chi connectivity index (χ0) is 20.0. The normalized spacial score (nSPS) is 13.9. The van der Waals surface area contributed by atoms with Crippen LogP contribution in [0.25, 0.3) is 33.0 Å². The lowest BCUT2D eigenvalue weighted by Gasteiger charge is -2.11. The summed E-state index contributed by atoms with van der Waals surface area (Å²) in [6, 6.07) is 17.5. The Labute approximate surface area is 148 Å². The third-order valence-corrected chi connectivity index (χ3v) is 4.06. The van der Waals surface area contributed by atoms with Crippen molar-refractivity contribution in [3.8, 4) is 22.3 Å². The summed E-state index contributed by atoms with van der Waals surface area (Å²) in [5.74, 6) is 0. The largest absolute Gasteiger partial charge is 0.0843 e. The van der Waals surface area contributed by atoms with Gasteiger partial charge in [-0.3, -0.25) is 0 Å². The maximum Gasteiger partial charge on any atom is 0.0629 e. The van der Waals surface area contributed by atoms with Gasteiger partial charge in [-0.1, -0.05) is 90.3 Å².